The third-order valence-electron chi connectivity index (χ3n) is 4.09. The van der Waals surface area contributed by atoms with Gasteiger partial charge in [0.25, 0.3) is 5.56 Å². The summed E-state index contributed by atoms with van der Waals surface area (Å²) >= 11 is 0. The SMILES string of the molecule is CCOC(=O)c1c[nH]c2c(=O)[nH]c3ccc(C([NH3+])/C=C\NC)cc3c12. The van der Waals surface area contributed by atoms with Crippen molar-refractivity contribution in [1.82, 2.24) is 15.3 Å². The quantitative estimate of drug-likeness (QED) is 0.522. The Bertz CT molecular complexity index is 1020. The maximum absolute atomic E-state index is 12.3. The van der Waals surface area contributed by atoms with Crippen LogP contribution in [0.2, 0.25) is 0 Å². The summed E-state index contributed by atoms with van der Waals surface area (Å²) in [6.07, 6.45) is 5.28. The molecule has 130 valence electrons. The van der Waals surface area contributed by atoms with Gasteiger partial charge in [0.1, 0.15) is 11.6 Å². The number of fused-ring (bicyclic) bond motifs is 3. The molecule has 0 aliphatic rings. The molecule has 0 radical (unpaired) electrons. The van der Waals surface area contributed by atoms with Crippen LogP contribution in [0.5, 0.6) is 0 Å². The Morgan fingerprint density at radius 1 is 1.44 bits per heavy atom. The lowest BCUT2D eigenvalue weighted by Crippen LogP contribution is -2.52. The van der Waals surface area contributed by atoms with E-state index < -0.39 is 5.97 Å². The number of rotatable bonds is 5. The van der Waals surface area contributed by atoms with Crippen molar-refractivity contribution >= 4 is 27.8 Å². The van der Waals surface area contributed by atoms with Crippen LogP contribution >= 0.6 is 0 Å². The molecule has 7 heteroatoms. The number of aromatic nitrogens is 2. The number of ether oxygens (including phenoxy) is 1. The number of carbonyl (C=O) groups is 1. The third-order valence-corrected chi connectivity index (χ3v) is 4.09. The molecule has 3 aromatic rings. The van der Waals surface area contributed by atoms with Crippen molar-refractivity contribution in [2.75, 3.05) is 13.7 Å². The van der Waals surface area contributed by atoms with E-state index in [9.17, 15) is 9.59 Å². The van der Waals surface area contributed by atoms with Crippen molar-refractivity contribution in [2.24, 2.45) is 0 Å². The van der Waals surface area contributed by atoms with E-state index in [1.54, 1.807) is 6.92 Å². The van der Waals surface area contributed by atoms with E-state index >= 15 is 0 Å². The van der Waals surface area contributed by atoms with Crippen LogP contribution in [0.4, 0.5) is 0 Å². The molecule has 0 spiro atoms. The van der Waals surface area contributed by atoms with Gasteiger partial charge in [-0.25, -0.2) is 4.79 Å². The van der Waals surface area contributed by atoms with Crippen molar-refractivity contribution in [3.05, 3.63) is 58.2 Å². The van der Waals surface area contributed by atoms with E-state index in [1.807, 2.05) is 37.5 Å². The number of H-pyrrole nitrogens is 2. The third kappa shape index (κ3) is 3.01. The molecule has 0 amide bonds. The Morgan fingerprint density at radius 3 is 2.96 bits per heavy atom. The molecule has 3 rings (SSSR count). The van der Waals surface area contributed by atoms with Gasteiger partial charge in [-0.1, -0.05) is 6.07 Å². The van der Waals surface area contributed by atoms with Gasteiger partial charge in [-0.15, -0.1) is 0 Å². The number of hydrogen-bond acceptors (Lipinski definition) is 4. The number of esters is 1. The summed E-state index contributed by atoms with van der Waals surface area (Å²) in [4.78, 5) is 30.2. The largest absolute Gasteiger partial charge is 0.462 e. The summed E-state index contributed by atoms with van der Waals surface area (Å²) in [5.41, 5.74) is 6.21. The average molecular weight is 341 g/mol. The molecule has 1 aromatic carbocycles. The van der Waals surface area contributed by atoms with Crippen molar-refractivity contribution in [2.45, 2.75) is 13.0 Å². The van der Waals surface area contributed by atoms with E-state index in [0.717, 1.165) is 10.9 Å². The molecule has 0 fully saturated rings. The molecule has 25 heavy (non-hydrogen) atoms. The number of nitrogens with one attached hydrogen (secondary N) is 3. The van der Waals surface area contributed by atoms with Crippen LogP contribution in [-0.2, 0) is 4.74 Å². The lowest BCUT2D eigenvalue weighted by atomic mass is 10.0. The Hall–Kier alpha value is -3.06. The van der Waals surface area contributed by atoms with Gasteiger partial charge < -0.3 is 25.8 Å². The van der Waals surface area contributed by atoms with Crippen LogP contribution in [0, 0.1) is 0 Å². The predicted octanol–water partition coefficient (Wildman–Crippen LogP) is 1.20. The molecule has 0 aliphatic carbocycles. The van der Waals surface area contributed by atoms with Gasteiger partial charge in [0.05, 0.1) is 12.2 Å². The number of hydrogen-bond donors (Lipinski definition) is 4. The summed E-state index contributed by atoms with van der Waals surface area (Å²) in [5.74, 6) is -0.452. The molecule has 0 saturated heterocycles. The lowest BCUT2D eigenvalue weighted by Gasteiger charge is -2.08. The highest BCUT2D eigenvalue weighted by Gasteiger charge is 2.19. The van der Waals surface area contributed by atoms with Gasteiger partial charge in [-0.3, -0.25) is 4.79 Å². The molecule has 2 aromatic heterocycles. The minimum absolute atomic E-state index is 0.0659. The number of pyridine rings is 1. The standard InChI is InChI=1S/C18H20N4O3/c1-3-25-18(24)12-9-21-16-15(12)11-8-10(13(19)6-7-20-2)4-5-14(11)22-17(16)23/h4-9,13,20-21H,3,19H2,1-2H3,(H,22,23)/p+1/b7-6-. The summed E-state index contributed by atoms with van der Waals surface area (Å²) in [5, 5.41) is 4.30. The van der Waals surface area contributed by atoms with Crippen LogP contribution < -0.4 is 16.6 Å². The Morgan fingerprint density at radius 2 is 2.24 bits per heavy atom. The van der Waals surface area contributed by atoms with Crippen LogP contribution in [0.15, 0.2) is 41.5 Å². The highest BCUT2D eigenvalue weighted by Crippen LogP contribution is 2.27. The van der Waals surface area contributed by atoms with E-state index in [1.165, 1.54) is 6.20 Å². The van der Waals surface area contributed by atoms with Gasteiger partial charge in [0.2, 0.25) is 0 Å². The number of quaternary nitrogens is 1. The van der Waals surface area contributed by atoms with Crippen LogP contribution in [-0.4, -0.2) is 29.6 Å². The first kappa shape index (κ1) is 16.8. The molecular formula is C18H21N4O3+. The van der Waals surface area contributed by atoms with Crippen molar-refractivity contribution in [3.63, 3.8) is 0 Å². The number of benzene rings is 1. The normalized spacial score (nSPS) is 12.8. The zero-order valence-electron chi connectivity index (χ0n) is 14.2. The predicted molar refractivity (Wildman–Crippen MR) is 96.2 cm³/mol. The Kier molecular flexibility index (Phi) is 4.58. The first-order chi connectivity index (χ1) is 12.1. The molecular weight excluding hydrogens is 320 g/mol. The first-order valence-corrected chi connectivity index (χ1v) is 8.08. The van der Waals surface area contributed by atoms with E-state index in [0.29, 0.717) is 22.0 Å². The van der Waals surface area contributed by atoms with Crippen LogP contribution in [0.25, 0.3) is 21.8 Å². The highest BCUT2D eigenvalue weighted by molar-refractivity contribution is 6.15. The van der Waals surface area contributed by atoms with E-state index in [2.05, 4.69) is 21.0 Å². The maximum Gasteiger partial charge on any atom is 0.340 e. The Balaban J connectivity index is 2.26. The summed E-state index contributed by atoms with van der Waals surface area (Å²) < 4.78 is 5.11. The fraction of sp³-hybridized carbons (Fsp3) is 0.222. The molecule has 2 heterocycles. The minimum atomic E-state index is -0.452. The summed E-state index contributed by atoms with van der Waals surface area (Å²) in [7, 11) is 1.82. The first-order valence-electron chi connectivity index (χ1n) is 8.08. The highest BCUT2D eigenvalue weighted by atomic mass is 16.5. The second kappa shape index (κ2) is 6.82. The zero-order chi connectivity index (χ0) is 18.0. The fourth-order valence-corrected chi connectivity index (χ4v) is 2.87. The van der Waals surface area contributed by atoms with E-state index in [-0.39, 0.29) is 18.2 Å². The number of aromatic amines is 2. The fourth-order valence-electron chi connectivity index (χ4n) is 2.87. The Labute approximate surface area is 143 Å². The lowest BCUT2D eigenvalue weighted by molar-refractivity contribution is -0.409. The van der Waals surface area contributed by atoms with Crippen molar-refractivity contribution < 1.29 is 15.3 Å². The molecule has 1 unspecified atom stereocenters. The van der Waals surface area contributed by atoms with Crippen molar-refractivity contribution in [1.29, 1.82) is 0 Å². The molecule has 0 saturated carbocycles. The second-order valence-electron chi connectivity index (χ2n) is 5.69. The van der Waals surface area contributed by atoms with Crippen molar-refractivity contribution in [3.8, 4) is 0 Å². The molecule has 0 aliphatic heterocycles. The average Bonchev–Trinajstić information content (AvgIpc) is 3.06. The topological polar surface area (TPSA) is 115 Å². The molecule has 1 atom stereocenters. The van der Waals surface area contributed by atoms with Crippen LogP contribution in [0.1, 0.15) is 28.9 Å². The van der Waals surface area contributed by atoms with Gasteiger partial charge in [-0.2, -0.15) is 0 Å². The number of carbonyl (C=O) groups excluding carboxylic acids is 1. The van der Waals surface area contributed by atoms with Gasteiger partial charge in [-0.05, 0) is 31.3 Å². The minimum Gasteiger partial charge on any atom is -0.462 e. The van der Waals surface area contributed by atoms with Crippen LogP contribution in [0.3, 0.4) is 0 Å². The van der Waals surface area contributed by atoms with Gasteiger partial charge >= 0.3 is 5.97 Å². The summed E-state index contributed by atoms with van der Waals surface area (Å²) in [6, 6.07) is 5.63. The molecule has 0 bridgehead atoms. The summed E-state index contributed by atoms with van der Waals surface area (Å²) in [6.45, 7) is 2.02. The zero-order valence-corrected chi connectivity index (χ0v) is 14.2. The maximum atomic E-state index is 12.3. The monoisotopic (exact) mass is 341 g/mol. The van der Waals surface area contributed by atoms with E-state index in [4.69, 9.17) is 4.74 Å². The smallest absolute Gasteiger partial charge is 0.340 e. The van der Waals surface area contributed by atoms with Gasteiger partial charge in [0.15, 0.2) is 0 Å². The molecule has 6 N–H and O–H groups in total. The molecule has 7 nitrogen and oxygen atoms in total. The van der Waals surface area contributed by atoms with Gasteiger partial charge in [0, 0.05) is 35.1 Å². The second-order valence-corrected chi connectivity index (χ2v) is 5.69.